The number of hydrogen-bond donors (Lipinski definition) is 3. The summed E-state index contributed by atoms with van der Waals surface area (Å²) >= 11 is 0. The Labute approximate surface area is 193 Å². The molecule has 9 nitrogen and oxygen atoms in total. The molecule has 4 aliphatic heterocycles. The van der Waals surface area contributed by atoms with Crippen molar-refractivity contribution in [2.24, 2.45) is 5.92 Å². The average Bonchev–Trinajstić information content (AvgIpc) is 3.12. The van der Waals surface area contributed by atoms with Crippen molar-refractivity contribution in [1.82, 2.24) is 20.9 Å². The van der Waals surface area contributed by atoms with Gasteiger partial charge in [0.15, 0.2) is 0 Å². The molecule has 4 heterocycles. The van der Waals surface area contributed by atoms with E-state index in [4.69, 9.17) is 0 Å². The molecule has 1 aromatic carbocycles. The van der Waals surface area contributed by atoms with Gasteiger partial charge in [-0.1, -0.05) is 0 Å². The summed E-state index contributed by atoms with van der Waals surface area (Å²) in [7, 11) is 0. The maximum atomic E-state index is 12.7. The molecule has 0 radical (unpaired) electrons. The van der Waals surface area contributed by atoms with Gasteiger partial charge < -0.3 is 10.2 Å². The molecule has 176 valence electrons. The molecule has 0 saturated carbocycles. The molecule has 0 spiro atoms. The zero-order valence-corrected chi connectivity index (χ0v) is 18.8. The fourth-order valence-electron chi connectivity index (χ4n) is 5.62. The predicted octanol–water partition coefficient (Wildman–Crippen LogP) is 0.602. The molecule has 9 heteroatoms. The first-order valence-electron chi connectivity index (χ1n) is 12.1. The minimum atomic E-state index is -0.623. The molecule has 1 aromatic rings. The molecule has 1 unspecified atom stereocenters. The third-order valence-corrected chi connectivity index (χ3v) is 7.53. The van der Waals surface area contributed by atoms with Crippen molar-refractivity contribution in [3.8, 4) is 0 Å². The highest BCUT2D eigenvalue weighted by Crippen LogP contribution is 2.39. The number of carbonyl (C=O) groups is 4. The molecule has 0 bridgehead atoms. The Morgan fingerprint density at radius 1 is 0.879 bits per heavy atom. The number of carbonyl (C=O) groups excluding carboxylic acids is 4. The second-order valence-corrected chi connectivity index (χ2v) is 9.52. The van der Waals surface area contributed by atoms with Crippen LogP contribution in [0, 0.1) is 5.92 Å². The van der Waals surface area contributed by atoms with Crippen molar-refractivity contribution in [3.63, 3.8) is 0 Å². The number of fused-ring (bicyclic) bond motifs is 1. The van der Waals surface area contributed by atoms with Gasteiger partial charge in [-0.05, 0) is 63.4 Å². The second kappa shape index (κ2) is 9.23. The van der Waals surface area contributed by atoms with E-state index in [1.54, 1.807) is 6.07 Å². The number of anilines is 1. The average molecular weight is 454 g/mol. The van der Waals surface area contributed by atoms with E-state index in [1.165, 1.54) is 19.3 Å². The quantitative estimate of drug-likeness (QED) is 0.560. The van der Waals surface area contributed by atoms with E-state index in [2.05, 4.69) is 25.8 Å². The SMILES string of the molecule is O=C1CCC(c2c(N3CCN(CCC4CCNCC4)CC3)ccc3c2C(=O)NC3=O)C(=O)N1. The fraction of sp³-hybridized carbons (Fsp3) is 0.583. The molecule has 33 heavy (non-hydrogen) atoms. The van der Waals surface area contributed by atoms with Gasteiger partial charge in [0.1, 0.15) is 0 Å². The first-order valence-corrected chi connectivity index (χ1v) is 12.1. The van der Waals surface area contributed by atoms with Gasteiger partial charge in [-0.25, -0.2) is 0 Å². The fourth-order valence-corrected chi connectivity index (χ4v) is 5.62. The molecule has 0 aliphatic carbocycles. The largest absolute Gasteiger partial charge is 0.369 e. The molecule has 3 saturated heterocycles. The topological polar surface area (TPSA) is 111 Å². The van der Waals surface area contributed by atoms with E-state index in [0.29, 0.717) is 23.1 Å². The minimum Gasteiger partial charge on any atom is -0.369 e. The summed E-state index contributed by atoms with van der Waals surface area (Å²) in [5, 5.41) is 8.19. The van der Waals surface area contributed by atoms with Crippen LogP contribution in [-0.2, 0) is 9.59 Å². The Balaban J connectivity index is 1.35. The number of imide groups is 2. The third-order valence-electron chi connectivity index (χ3n) is 7.53. The standard InChI is InChI=1S/C24H31N5O4/c30-19-4-2-16(22(31)26-19)20-18(3-1-17-21(20)24(33)27-23(17)32)29-13-11-28(12-14-29)10-7-15-5-8-25-9-6-15/h1,3,15-16,25H,2,4-14H2,(H,26,30,31)(H,27,32,33). The zero-order chi connectivity index (χ0) is 22.9. The minimum absolute atomic E-state index is 0.222. The van der Waals surface area contributed by atoms with Crippen molar-refractivity contribution in [1.29, 1.82) is 0 Å². The van der Waals surface area contributed by atoms with Crippen LogP contribution >= 0.6 is 0 Å². The van der Waals surface area contributed by atoms with Crippen LogP contribution in [0.5, 0.6) is 0 Å². The predicted molar refractivity (Wildman–Crippen MR) is 122 cm³/mol. The Kier molecular flexibility index (Phi) is 6.16. The lowest BCUT2D eigenvalue weighted by molar-refractivity contribution is -0.134. The Hall–Kier alpha value is -2.78. The van der Waals surface area contributed by atoms with Crippen molar-refractivity contribution in [2.45, 2.75) is 38.0 Å². The van der Waals surface area contributed by atoms with E-state index in [9.17, 15) is 19.2 Å². The van der Waals surface area contributed by atoms with E-state index in [-0.39, 0.29) is 12.3 Å². The molecule has 5 rings (SSSR count). The maximum Gasteiger partial charge on any atom is 0.259 e. The summed E-state index contributed by atoms with van der Waals surface area (Å²) in [5.41, 5.74) is 2.01. The van der Waals surface area contributed by atoms with Crippen molar-refractivity contribution in [3.05, 3.63) is 28.8 Å². The molecule has 4 amide bonds. The van der Waals surface area contributed by atoms with Gasteiger partial charge >= 0.3 is 0 Å². The first-order chi connectivity index (χ1) is 16.0. The smallest absolute Gasteiger partial charge is 0.259 e. The number of rotatable bonds is 5. The molecular formula is C24H31N5O4. The van der Waals surface area contributed by atoms with E-state index >= 15 is 0 Å². The number of piperidine rings is 2. The Morgan fingerprint density at radius 2 is 1.64 bits per heavy atom. The van der Waals surface area contributed by atoms with Crippen molar-refractivity contribution >= 4 is 29.3 Å². The monoisotopic (exact) mass is 453 g/mol. The number of amides is 4. The van der Waals surface area contributed by atoms with Crippen LogP contribution in [0.3, 0.4) is 0 Å². The summed E-state index contributed by atoms with van der Waals surface area (Å²) in [5.74, 6) is -1.41. The normalized spacial score (nSPS) is 24.6. The summed E-state index contributed by atoms with van der Waals surface area (Å²) in [6.07, 6.45) is 4.30. The second-order valence-electron chi connectivity index (χ2n) is 9.52. The van der Waals surface area contributed by atoms with Gasteiger partial charge in [0.25, 0.3) is 11.8 Å². The number of nitrogens with one attached hydrogen (secondary N) is 3. The van der Waals surface area contributed by atoms with E-state index < -0.39 is 23.6 Å². The van der Waals surface area contributed by atoms with Gasteiger partial charge in [-0.3, -0.25) is 34.7 Å². The van der Waals surface area contributed by atoms with Crippen molar-refractivity contribution < 1.29 is 19.2 Å². The highest BCUT2D eigenvalue weighted by molar-refractivity contribution is 6.23. The van der Waals surface area contributed by atoms with Crippen LogP contribution in [0.1, 0.15) is 64.3 Å². The highest BCUT2D eigenvalue weighted by atomic mass is 16.2. The molecule has 1 atom stereocenters. The van der Waals surface area contributed by atoms with Gasteiger partial charge in [-0.15, -0.1) is 0 Å². The van der Waals surface area contributed by atoms with Gasteiger partial charge in [0.05, 0.1) is 17.0 Å². The summed E-state index contributed by atoms with van der Waals surface area (Å²) < 4.78 is 0. The lowest BCUT2D eigenvalue weighted by Crippen LogP contribution is -2.48. The summed E-state index contributed by atoms with van der Waals surface area (Å²) in [4.78, 5) is 54.1. The van der Waals surface area contributed by atoms with Crippen LogP contribution in [0.25, 0.3) is 0 Å². The first kappa shape index (κ1) is 22.0. The van der Waals surface area contributed by atoms with Gasteiger partial charge in [0.2, 0.25) is 11.8 Å². The molecule has 3 fully saturated rings. The third kappa shape index (κ3) is 4.39. The number of benzene rings is 1. The van der Waals surface area contributed by atoms with Crippen LogP contribution < -0.4 is 20.9 Å². The molecule has 0 aromatic heterocycles. The molecular weight excluding hydrogens is 422 g/mol. The zero-order valence-electron chi connectivity index (χ0n) is 18.8. The number of piperazine rings is 1. The van der Waals surface area contributed by atoms with Crippen molar-refractivity contribution in [2.75, 3.05) is 50.7 Å². The molecule has 3 N–H and O–H groups in total. The Bertz CT molecular complexity index is 979. The summed E-state index contributed by atoms with van der Waals surface area (Å²) in [6, 6.07) is 3.55. The van der Waals surface area contributed by atoms with Crippen LogP contribution in [-0.4, -0.2) is 74.3 Å². The molecule has 4 aliphatic rings. The van der Waals surface area contributed by atoms with Gasteiger partial charge in [0, 0.05) is 43.9 Å². The van der Waals surface area contributed by atoms with E-state index in [0.717, 1.165) is 57.4 Å². The summed E-state index contributed by atoms with van der Waals surface area (Å²) in [6.45, 7) is 6.76. The number of nitrogens with zero attached hydrogens (tertiary/aromatic N) is 2. The Morgan fingerprint density at radius 3 is 2.36 bits per heavy atom. The highest BCUT2D eigenvalue weighted by Gasteiger charge is 2.39. The number of hydrogen-bond acceptors (Lipinski definition) is 7. The van der Waals surface area contributed by atoms with Crippen LogP contribution in [0.15, 0.2) is 12.1 Å². The lowest BCUT2D eigenvalue weighted by Gasteiger charge is -2.39. The van der Waals surface area contributed by atoms with Crippen LogP contribution in [0.4, 0.5) is 5.69 Å². The maximum absolute atomic E-state index is 12.7. The van der Waals surface area contributed by atoms with Gasteiger partial charge in [-0.2, -0.15) is 0 Å². The van der Waals surface area contributed by atoms with E-state index in [1.807, 2.05) is 6.07 Å². The van der Waals surface area contributed by atoms with Crippen LogP contribution in [0.2, 0.25) is 0 Å². The lowest BCUT2D eigenvalue weighted by atomic mass is 9.84.